The van der Waals surface area contributed by atoms with Crippen molar-refractivity contribution in [2.75, 3.05) is 11.5 Å². The fourth-order valence-electron chi connectivity index (χ4n) is 1.45. The average molecular weight is 364 g/mol. The van der Waals surface area contributed by atoms with Crippen molar-refractivity contribution < 1.29 is 0 Å². The minimum absolute atomic E-state index is 0.268. The second-order valence-corrected chi connectivity index (χ2v) is 6.96. The van der Waals surface area contributed by atoms with E-state index in [4.69, 9.17) is 23.2 Å². The second kappa shape index (κ2) is 7.93. The Morgan fingerprint density at radius 2 is 1.95 bits per heavy atom. The van der Waals surface area contributed by atoms with Gasteiger partial charge in [-0.2, -0.15) is 16.9 Å². The van der Waals surface area contributed by atoms with Crippen LogP contribution in [0.1, 0.15) is 5.56 Å². The maximum absolute atomic E-state index is 11.4. The summed E-state index contributed by atoms with van der Waals surface area (Å²) in [5.74, 6) is 2.37. The molecule has 0 fully saturated rings. The number of benzene rings is 1. The molecule has 0 amide bonds. The van der Waals surface area contributed by atoms with E-state index in [1.165, 1.54) is 11.8 Å². The molecule has 2 N–H and O–H groups in total. The molecule has 0 bridgehead atoms. The molecule has 2 aromatic rings. The van der Waals surface area contributed by atoms with E-state index in [-0.39, 0.29) is 5.03 Å². The van der Waals surface area contributed by atoms with Gasteiger partial charge >= 0.3 is 5.69 Å². The van der Waals surface area contributed by atoms with Crippen molar-refractivity contribution in [1.29, 1.82) is 0 Å². The third-order valence-electron chi connectivity index (χ3n) is 2.40. The molecule has 0 radical (unpaired) electrons. The quantitative estimate of drug-likeness (QED) is 0.609. The predicted molar refractivity (Wildman–Crippen MR) is 88.8 cm³/mol. The summed E-state index contributed by atoms with van der Waals surface area (Å²) in [6, 6.07) is 5.55. The van der Waals surface area contributed by atoms with E-state index in [1.54, 1.807) is 17.8 Å². The normalized spacial score (nSPS) is 10.8. The minimum Gasteiger partial charge on any atom is -0.271 e. The lowest BCUT2D eigenvalue weighted by molar-refractivity contribution is 0.807. The van der Waals surface area contributed by atoms with Crippen LogP contribution in [0.25, 0.3) is 0 Å². The van der Waals surface area contributed by atoms with Crippen molar-refractivity contribution >= 4 is 46.7 Å². The van der Waals surface area contributed by atoms with Gasteiger partial charge in [-0.15, -0.1) is 0 Å². The molecule has 5 nitrogen and oxygen atoms in total. The molecule has 0 aliphatic carbocycles. The van der Waals surface area contributed by atoms with Gasteiger partial charge in [-0.25, -0.2) is 9.89 Å². The van der Waals surface area contributed by atoms with Gasteiger partial charge in [0.15, 0.2) is 5.03 Å². The average Bonchev–Trinajstić information content (AvgIpc) is 2.44. The number of thioether (sulfide) groups is 2. The van der Waals surface area contributed by atoms with Crippen LogP contribution < -0.4 is 11.2 Å². The summed E-state index contributed by atoms with van der Waals surface area (Å²) in [4.78, 5) is 24.4. The van der Waals surface area contributed by atoms with Crippen LogP contribution in [0.2, 0.25) is 10.0 Å². The molecule has 1 heterocycles. The molecule has 9 heteroatoms. The smallest absolute Gasteiger partial charge is 0.271 e. The van der Waals surface area contributed by atoms with E-state index in [2.05, 4.69) is 15.2 Å². The Morgan fingerprint density at radius 3 is 2.67 bits per heavy atom. The highest BCUT2D eigenvalue weighted by Crippen LogP contribution is 2.25. The van der Waals surface area contributed by atoms with Gasteiger partial charge in [-0.05, 0) is 17.7 Å². The van der Waals surface area contributed by atoms with Crippen LogP contribution in [0.3, 0.4) is 0 Å². The molecule has 2 rings (SSSR count). The first-order valence-corrected chi connectivity index (χ1v) is 8.79. The first kappa shape index (κ1) is 16.5. The zero-order valence-corrected chi connectivity index (χ0v) is 13.8. The van der Waals surface area contributed by atoms with E-state index in [1.807, 2.05) is 12.1 Å². The van der Waals surface area contributed by atoms with Gasteiger partial charge in [0, 0.05) is 17.3 Å². The summed E-state index contributed by atoms with van der Waals surface area (Å²) in [7, 11) is 0. The molecule has 0 saturated carbocycles. The summed E-state index contributed by atoms with van der Waals surface area (Å²) >= 11 is 14.8. The predicted octanol–water partition coefficient (Wildman–Crippen LogP) is 2.79. The molecular formula is C12H11Cl2N3O2S2. The van der Waals surface area contributed by atoms with Crippen molar-refractivity contribution in [2.24, 2.45) is 0 Å². The van der Waals surface area contributed by atoms with Crippen molar-refractivity contribution in [3.8, 4) is 0 Å². The molecule has 0 atom stereocenters. The standard InChI is InChI=1S/C12H11Cl2N3O2S2/c13-8-2-1-7(5-9(8)14)6-20-3-4-21-11-10(18)15-12(19)17-16-11/h1-2,5H,3-4,6H2,(H2,15,17,18,19). The van der Waals surface area contributed by atoms with Crippen LogP contribution >= 0.6 is 46.7 Å². The number of nitrogens with one attached hydrogen (secondary N) is 2. The SMILES string of the molecule is O=c1[nH]nc(SCCSCc2ccc(Cl)c(Cl)c2)c(=O)[nH]1. The highest BCUT2D eigenvalue weighted by Gasteiger charge is 2.03. The van der Waals surface area contributed by atoms with E-state index in [0.29, 0.717) is 15.8 Å². The third kappa shape index (κ3) is 5.10. The fourth-order valence-corrected chi connectivity index (χ4v) is 3.62. The third-order valence-corrected chi connectivity index (χ3v) is 5.39. The largest absolute Gasteiger partial charge is 0.342 e. The Morgan fingerprint density at radius 1 is 1.14 bits per heavy atom. The number of rotatable bonds is 6. The number of H-pyrrole nitrogens is 2. The molecule has 1 aromatic carbocycles. The van der Waals surface area contributed by atoms with Gasteiger partial charge in [0.25, 0.3) is 5.56 Å². The van der Waals surface area contributed by atoms with Crippen molar-refractivity contribution in [2.45, 2.75) is 10.8 Å². The van der Waals surface area contributed by atoms with Gasteiger partial charge < -0.3 is 0 Å². The van der Waals surface area contributed by atoms with Crippen LogP contribution in [-0.4, -0.2) is 26.7 Å². The van der Waals surface area contributed by atoms with E-state index in [0.717, 1.165) is 17.1 Å². The molecule has 1 aromatic heterocycles. The van der Waals surface area contributed by atoms with Gasteiger partial charge in [-0.3, -0.25) is 9.78 Å². The second-order valence-electron chi connectivity index (χ2n) is 3.96. The zero-order valence-electron chi connectivity index (χ0n) is 10.7. The number of aromatic amines is 2. The Labute approximate surface area is 138 Å². The minimum atomic E-state index is -0.599. The molecule has 0 spiro atoms. The summed E-state index contributed by atoms with van der Waals surface area (Å²) in [5.41, 5.74) is 0.0380. The van der Waals surface area contributed by atoms with Gasteiger partial charge in [0.1, 0.15) is 0 Å². The van der Waals surface area contributed by atoms with E-state index in [9.17, 15) is 9.59 Å². The Bertz CT molecular complexity index is 733. The van der Waals surface area contributed by atoms with Crippen LogP contribution in [0.15, 0.2) is 32.8 Å². The fraction of sp³-hybridized carbons (Fsp3) is 0.250. The Kier molecular flexibility index (Phi) is 6.22. The van der Waals surface area contributed by atoms with E-state index >= 15 is 0 Å². The Balaban J connectivity index is 1.76. The van der Waals surface area contributed by atoms with Crippen LogP contribution in [0.5, 0.6) is 0 Å². The monoisotopic (exact) mass is 363 g/mol. The van der Waals surface area contributed by atoms with Gasteiger partial charge in [0.2, 0.25) is 0 Å². The summed E-state index contributed by atoms with van der Waals surface area (Å²) in [5, 5.41) is 7.26. The van der Waals surface area contributed by atoms with Crippen LogP contribution in [-0.2, 0) is 5.75 Å². The molecule has 112 valence electrons. The topological polar surface area (TPSA) is 78.6 Å². The maximum atomic E-state index is 11.4. The number of nitrogens with zero attached hydrogens (tertiary/aromatic N) is 1. The first-order chi connectivity index (χ1) is 10.1. The van der Waals surface area contributed by atoms with Crippen molar-refractivity contribution in [3.05, 3.63) is 54.6 Å². The van der Waals surface area contributed by atoms with Crippen LogP contribution in [0, 0.1) is 0 Å². The molecule has 0 aliphatic rings. The lowest BCUT2D eigenvalue weighted by Gasteiger charge is -2.03. The first-order valence-electron chi connectivity index (χ1n) is 5.90. The highest BCUT2D eigenvalue weighted by atomic mass is 35.5. The Hall–Kier alpha value is -0.890. The molecule has 21 heavy (non-hydrogen) atoms. The van der Waals surface area contributed by atoms with Crippen molar-refractivity contribution in [1.82, 2.24) is 15.2 Å². The number of hydrogen-bond acceptors (Lipinski definition) is 5. The van der Waals surface area contributed by atoms with E-state index < -0.39 is 11.2 Å². The zero-order chi connectivity index (χ0) is 15.2. The van der Waals surface area contributed by atoms with Gasteiger partial charge in [-0.1, -0.05) is 41.0 Å². The van der Waals surface area contributed by atoms with Crippen LogP contribution in [0.4, 0.5) is 0 Å². The maximum Gasteiger partial charge on any atom is 0.342 e. The molecule has 0 aliphatic heterocycles. The molecule has 0 unspecified atom stereocenters. The number of hydrogen-bond donors (Lipinski definition) is 2. The summed E-state index contributed by atoms with van der Waals surface area (Å²) in [6.07, 6.45) is 0. The highest BCUT2D eigenvalue weighted by molar-refractivity contribution is 8.02. The molecular weight excluding hydrogens is 353 g/mol. The number of aromatic nitrogens is 3. The van der Waals surface area contributed by atoms with Crippen molar-refractivity contribution in [3.63, 3.8) is 0 Å². The summed E-state index contributed by atoms with van der Waals surface area (Å²) in [6.45, 7) is 0. The summed E-state index contributed by atoms with van der Waals surface area (Å²) < 4.78 is 0. The number of halogens is 2. The lowest BCUT2D eigenvalue weighted by atomic mass is 10.2. The van der Waals surface area contributed by atoms with Gasteiger partial charge in [0.05, 0.1) is 10.0 Å². The lowest BCUT2D eigenvalue weighted by Crippen LogP contribution is -2.25. The molecule has 0 saturated heterocycles.